The molecular formula is C15H17N3. The van der Waals surface area contributed by atoms with Crippen LogP contribution in [0.4, 0.5) is 0 Å². The summed E-state index contributed by atoms with van der Waals surface area (Å²) in [5.41, 5.74) is 2.53. The van der Waals surface area contributed by atoms with Gasteiger partial charge in [0.25, 0.3) is 0 Å². The molecule has 1 aromatic heterocycles. The van der Waals surface area contributed by atoms with E-state index in [-0.39, 0.29) is 0 Å². The van der Waals surface area contributed by atoms with Crippen LogP contribution in [-0.4, -0.2) is 17.0 Å². The van der Waals surface area contributed by atoms with Crippen LogP contribution in [0.5, 0.6) is 0 Å². The average molecular weight is 239 g/mol. The fraction of sp³-hybridized carbons (Fsp3) is 0.333. The van der Waals surface area contributed by atoms with Crippen molar-refractivity contribution < 1.29 is 0 Å². The standard InChI is InChI=1S/C15H17N3/c1-16-15(14-7-8-17-10-18-14)13-9-12(13)11-5-3-2-4-6-11/h2-8,10,12-13,15-16H,9H2,1H3. The van der Waals surface area contributed by atoms with E-state index >= 15 is 0 Å². The van der Waals surface area contributed by atoms with Crippen molar-refractivity contribution in [3.8, 4) is 0 Å². The van der Waals surface area contributed by atoms with Crippen molar-refractivity contribution >= 4 is 0 Å². The van der Waals surface area contributed by atoms with Crippen molar-refractivity contribution in [1.29, 1.82) is 0 Å². The normalized spacial score (nSPS) is 23.6. The summed E-state index contributed by atoms with van der Waals surface area (Å²) in [5.74, 6) is 1.31. The number of hydrogen-bond donors (Lipinski definition) is 1. The van der Waals surface area contributed by atoms with E-state index in [2.05, 4.69) is 45.6 Å². The number of nitrogens with one attached hydrogen (secondary N) is 1. The lowest BCUT2D eigenvalue weighted by molar-refractivity contribution is 0.504. The van der Waals surface area contributed by atoms with Crippen molar-refractivity contribution in [2.75, 3.05) is 7.05 Å². The first-order valence-corrected chi connectivity index (χ1v) is 6.38. The third kappa shape index (κ3) is 2.14. The summed E-state index contributed by atoms with van der Waals surface area (Å²) in [4.78, 5) is 8.35. The van der Waals surface area contributed by atoms with E-state index in [0.29, 0.717) is 17.9 Å². The quantitative estimate of drug-likeness (QED) is 0.891. The zero-order valence-corrected chi connectivity index (χ0v) is 10.5. The Hall–Kier alpha value is -1.74. The van der Waals surface area contributed by atoms with Crippen LogP contribution in [0.1, 0.15) is 29.6 Å². The van der Waals surface area contributed by atoms with Crippen molar-refractivity contribution in [1.82, 2.24) is 15.3 Å². The van der Waals surface area contributed by atoms with E-state index in [4.69, 9.17) is 0 Å². The molecular weight excluding hydrogens is 222 g/mol. The van der Waals surface area contributed by atoms with E-state index in [1.165, 1.54) is 12.0 Å². The molecule has 1 fully saturated rings. The Morgan fingerprint density at radius 3 is 2.72 bits per heavy atom. The number of nitrogens with zero attached hydrogens (tertiary/aromatic N) is 2. The Kier molecular flexibility index (Phi) is 3.07. The third-order valence-electron chi connectivity index (χ3n) is 3.73. The Bertz CT molecular complexity index is 498. The summed E-state index contributed by atoms with van der Waals surface area (Å²) in [6, 6.07) is 13.1. The molecule has 1 aliphatic carbocycles. The molecule has 1 saturated carbocycles. The molecule has 3 rings (SSSR count). The van der Waals surface area contributed by atoms with Gasteiger partial charge in [0, 0.05) is 6.20 Å². The van der Waals surface area contributed by atoms with Gasteiger partial charge in [-0.1, -0.05) is 30.3 Å². The molecule has 3 unspecified atom stereocenters. The van der Waals surface area contributed by atoms with E-state index in [0.717, 1.165) is 5.69 Å². The predicted octanol–water partition coefficient (Wildman–Crippen LogP) is 2.54. The molecule has 18 heavy (non-hydrogen) atoms. The van der Waals surface area contributed by atoms with E-state index in [9.17, 15) is 0 Å². The predicted molar refractivity (Wildman–Crippen MR) is 71.1 cm³/mol. The molecule has 2 aromatic rings. The summed E-state index contributed by atoms with van der Waals surface area (Å²) in [6.45, 7) is 0. The fourth-order valence-electron chi connectivity index (χ4n) is 2.73. The molecule has 3 nitrogen and oxygen atoms in total. The molecule has 0 radical (unpaired) electrons. The topological polar surface area (TPSA) is 37.8 Å². The molecule has 1 N–H and O–H groups in total. The molecule has 0 bridgehead atoms. The highest BCUT2D eigenvalue weighted by Gasteiger charge is 2.44. The zero-order chi connectivity index (χ0) is 12.4. The van der Waals surface area contributed by atoms with Crippen LogP contribution < -0.4 is 5.32 Å². The van der Waals surface area contributed by atoms with E-state index in [1.54, 1.807) is 6.33 Å². The first-order valence-electron chi connectivity index (χ1n) is 6.38. The maximum absolute atomic E-state index is 4.37. The maximum Gasteiger partial charge on any atom is 0.115 e. The van der Waals surface area contributed by atoms with Gasteiger partial charge in [0.1, 0.15) is 6.33 Å². The molecule has 92 valence electrons. The molecule has 3 atom stereocenters. The summed E-state index contributed by atoms with van der Waals surface area (Å²) >= 11 is 0. The van der Waals surface area contributed by atoms with Crippen LogP contribution in [0.2, 0.25) is 0 Å². The number of aromatic nitrogens is 2. The van der Waals surface area contributed by atoms with Crippen molar-refractivity contribution in [2.45, 2.75) is 18.4 Å². The van der Waals surface area contributed by atoms with Crippen LogP contribution in [0.15, 0.2) is 48.9 Å². The Morgan fingerprint density at radius 2 is 2.06 bits per heavy atom. The lowest BCUT2D eigenvalue weighted by Gasteiger charge is -2.15. The third-order valence-corrected chi connectivity index (χ3v) is 3.73. The van der Waals surface area contributed by atoms with Gasteiger partial charge in [-0.2, -0.15) is 0 Å². The average Bonchev–Trinajstić information content (AvgIpc) is 3.22. The summed E-state index contributed by atoms with van der Waals surface area (Å²) < 4.78 is 0. The van der Waals surface area contributed by atoms with Gasteiger partial charge in [-0.3, -0.25) is 0 Å². The Labute approximate surface area is 107 Å². The fourth-order valence-corrected chi connectivity index (χ4v) is 2.73. The highest BCUT2D eigenvalue weighted by molar-refractivity contribution is 5.28. The SMILES string of the molecule is CNC(c1ccncn1)C1CC1c1ccccc1. The van der Waals surface area contributed by atoms with Crippen molar-refractivity contribution in [2.24, 2.45) is 5.92 Å². The van der Waals surface area contributed by atoms with Crippen LogP contribution in [0.25, 0.3) is 0 Å². The minimum Gasteiger partial charge on any atom is -0.311 e. The molecule has 1 heterocycles. The molecule has 3 heteroatoms. The zero-order valence-electron chi connectivity index (χ0n) is 10.5. The van der Waals surface area contributed by atoms with Gasteiger partial charge in [0.2, 0.25) is 0 Å². The van der Waals surface area contributed by atoms with E-state index in [1.807, 2.05) is 19.3 Å². The smallest absolute Gasteiger partial charge is 0.115 e. The van der Waals surface area contributed by atoms with Crippen LogP contribution >= 0.6 is 0 Å². The monoisotopic (exact) mass is 239 g/mol. The summed E-state index contributed by atoms with van der Waals surface area (Å²) in [5, 5.41) is 3.39. The second-order valence-corrected chi connectivity index (χ2v) is 4.82. The Morgan fingerprint density at radius 1 is 1.22 bits per heavy atom. The number of benzene rings is 1. The lowest BCUT2D eigenvalue weighted by atomic mass is 10.0. The van der Waals surface area contributed by atoms with Gasteiger partial charge >= 0.3 is 0 Å². The first kappa shape index (κ1) is 11.4. The lowest BCUT2D eigenvalue weighted by Crippen LogP contribution is -2.20. The number of rotatable bonds is 4. The molecule has 0 spiro atoms. The second-order valence-electron chi connectivity index (χ2n) is 4.82. The maximum atomic E-state index is 4.37. The van der Waals surface area contributed by atoms with Crippen LogP contribution in [-0.2, 0) is 0 Å². The van der Waals surface area contributed by atoms with Crippen LogP contribution in [0, 0.1) is 5.92 Å². The largest absolute Gasteiger partial charge is 0.311 e. The Balaban J connectivity index is 1.77. The minimum absolute atomic E-state index is 0.332. The summed E-state index contributed by atoms with van der Waals surface area (Å²) in [7, 11) is 2.01. The van der Waals surface area contributed by atoms with Crippen molar-refractivity contribution in [3.63, 3.8) is 0 Å². The first-order chi connectivity index (χ1) is 8.90. The summed E-state index contributed by atoms with van der Waals surface area (Å²) in [6.07, 6.45) is 4.67. The van der Waals surface area contributed by atoms with Crippen LogP contribution in [0.3, 0.4) is 0 Å². The van der Waals surface area contributed by atoms with Gasteiger partial charge in [0.05, 0.1) is 11.7 Å². The van der Waals surface area contributed by atoms with E-state index < -0.39 is 0 Å². The van der Waals surface area contributed by atoms with Gasteiger partial charge in [-0.05, 0) is 36.9 Å². The molecule has 0 aliphatic heterocycles. The van der Waals surface area contributed by atoms with Gasteiger partial charge < -0.3 is 5.32 Å². The molecule has 0 saturated heterocycles. The minimum atomic E-state index is 0.332. The number of hydrogen-bond acceptors (Lipinski definition) is 3. The van der Waals surface area contributed by atoms with Gasteiger partial charge in [0.15, 0.2) is 0 Å². The highest BCUT2D eigenvalue weighted by Crippen LogP contribution is 2.53. The molecule has 0 amide bonds. The van der Waals surface area contributed by atoms with Gasteiger partial charge in [-0.15, -0.1) is 0 Å². The molecule has 1 aromatic carbocycles. The highest BCUT2D eigenvalue weighted by atomic mass is 14.9. The van der Waals surface area contributed by atoms with Crippen molar-refractivity contribution in [3.05, 3.63) is 60.2 Å². The van der Waals surface area contributed by atoms with Gasteiger partial charge in [-0.25, -0.2) is 9.97 Å². The molecule has 1 aliphatic rings. The second kappa shape index (κ2) is 4.86.